The zero-order valence-electron chi connectivity index (χ0n) is 34.1. The first-order valence-corrected chi connectivity index (χ1v) is 21.9. The lowest BCUT2D eigenvalue weighted by molar-refractivity contribution is -0.927. The number of unbranched alkanes of at least 4 members (excludes halogenated alkanes) is 28. The molecule has 0 spiro atoms. The van der Waals surface area contributed by atoms with Crippen LogP contribution in [0.4, 0.5) is 0 Å². The van der Waals surface area contributed by atoms with E-state index in [1.54, 1.807) is 13.8 Å². The van der Waals surface area contributed by atoms with E-state index in [0.717, 1.165) is 38.5 Å². The Labute approximate surface area is 306 Å². The van der Waals surface area contributed by atoms with Gasteiger partial charge in [-0.1, -0.05) is 194 Å². The summed E-state index contributed by atoms with van der Waals surface area (Å²) in [6.45, 7) is 7.87. The molecule has 0 saturated heterocycles. The molecule has 0 rings (SSSR count). The van der Waals surface area contributed by atoms with E-state index in [4.69, 9.17) is 0 Å². The van der Waals surface area contributed by atoms with Crippen molar-refractivity contribution in [3.8, 4) is 0 Å². The molecule has 0 aromatic carbocycles. The van der Waals surface area contributed by atoms with Crippen molar-refractivity contribution in [1.29, 1.82) is 0 Å². The largest absolute Gasteiger partial charge is 0.387 e. The summed E-state index contributed by atoms with van der Waals surface area (Å²) in [5, 5.41) is 21.5. The lowest BCUT2D eigenvalue weighted by Crippen LogP contribution is -2.67. The molecular formula is C44H88NO4+. The van der Waals surface area contributed by atoms with Gasteiger partial charge < -0.3 is 14.7 Å². The van der Waals surface area contributed by atoms with Gasteiger partial charge in [0.15, 0.2) is 23.7 Å². The fourth-order valence-corrected chi connectivity index (χ4v) is 8.20. The highest BCUT2D eigenvalue weighted by Gasteiger charge is 2.48. The SMILES string of the molecule is CCCCCCCCCCCCCCCCCC(=O)C(C(C)O)[N+](C)(C)C(C(=O)CCCCCCCCCCCCCCCCC)C(C)O. The summed E-state index contributed by atoms with van der Waals surface area (Å²) >= 11 is 0. The quantitative estimate of drug-likeness (QED) is 0.0498. The van der Waals surface area contributed by atoms with Gasteiger partial charge in [0.05, 0.1) is 14.1 Å². The van der Waals surface area contributed by atoms with Gasteiger partial charge in [0.2, 0.25) is 0 Å². The number of aliphatic hydroxyl groups is 2. The molecule has 292 valence electrons. The monoisotopic (exact) mass is 695 g/mol. The van der Waals surface area contributed by atoms with E-state index in [-0.39, 0.29) is 16.0 Å². The zero-order valence-corrected chi connectivity index (χ0v) is 34.1. The number of carbonyl (C=O) groups excluding carboxylic acids is 2. The molecule has 0 aromatic heterocycles. The number of hydrogen-bond donors (Lipinski definition) is 2. The third kappa shape index (κ3) is 25.8. The minimum Gasteiger partial charge on any atom is -0.387 e. The van der Waals surface area contributed by atoms with Crippen molar-refractivity contribution >= 4 is 11.6 Å². The fourth-order valence-electron chi connectivity index (χ4n) is 8.20. The number of hydrogen-bond acceptors (Lipinski definition) is 4. The normalized spacial score (nSPS) is 14.5. The summed E-state index contributed by atoms with van der Waals surface area (Å²) in [7, 11) is 3.70. The van der Waals surface area contributed by atoms with Gasteiger partial charge in [0.1, 0.15) is 12.2 Å². The maximum Gasteiger partial charge on any atom is 0.192 e. The van der Waals surface area contributed by atoms with Crippen LogP contribution in [0.1, 0.15) is 233 Å². The van der Waals surface area contributed by atoms with Gasteiger partial charge in [-0.3, -0.25) is 9.59 Å². The molecule has 0 heterocycles. The van der Waals surface area contributed by atoms with Crippen LogP contribution in [0, 0.1) is 0 Å². The zero-order chi connectivity index (χ0) is 36.6. The molecule has 0 aliphatic rings. The predicted molar refractivity (Wildman–Crippen MR) is 212 cm³/mol. The Morgan fingerprint density at radius 3 is 0.755 bits per heavy atom. The molecule has 0 aliphatic carbocycles. The van der Waals surface area contributed by atoms with Crippen LogP contribution < -0.4 is 0 Å². The van der Waals surface area contributed by atoms with E-state index in [9.17, 15) is 19.8 Å². The molecule has 4 unspecified atom stereocenters. The predicted octanol–water partition coefficient (Wildman–Crippen LogP) is 12.2. The third-order valence-electron chi connectivity index (χ3n) is 11.1. The lowest BCUT2D eigenvalue weighted by atomic mass is 9.91. The summed E-state index contributed by atoms with van der Waals surface area (Å²) in [5.41, 5.74) is 0. The second kappa shape index (κ2) is 33.1. The molecule has 5 heteroatoms. The summed E-state index contributed by atoms with van der Waals surface area (Å²) in [5.74, 6) is 0.0280. The molecule has 0 aromatic rings. The number of likely N-dealkylation sites (N-methyl/N-ethyl adjacent to an activating group) is 1. The Kier molecular flexibility index (Phi) is 32.6. The van der Waals surface area contributed by atoms with Crippen LogP contribution in [-0.2, 0) is 9.59 Å². The number of carbonyl (C=O) groups is 2. The van der Waals surface area contributed by atoms with E-state index < -0.39 is 24.3 Å². The molecule has 0 fully saturated rings. The van der Waals surface area contributed by atoms with Crippen molar-refractivity contribution in [2.24, 2.45) is 0 Å². The van der Waals surface area contributed by atoms with Crippen LogP contribution in [0.2, 0.25) is 0 Å². The second-order valence-corrected chi connectivity index (χ2v) is 16.3. The molecule has 0 aliphatic heterocycles. The first-order valence-electron chi connectivity index (χ1n) is 21.9. The minimum atomic E-state index is -0.876. The Morgan fingerprint density at radius 2 is 0.571 bits per heavy atom. The number of rotatable bonds is 38. The van der Waals surface area contributed by atoms with Gasteiger partial charge in [-0.2, -0.15) is 0 Å². The first kappa shape index (κ1) is 48.2. The summed E-state index contributed by atoms with van der Waals surface area (Å²) in [4.78, 5) is 26.9. The fraction of sp³-hybridized carbons (Fsp3) is 0.955. The molecule has 0 amide bonds. The van der Waals surface area contributed by atoms with E-state index in [0.29, 0.717) is 12.8 Å². The summed E-state index contributed by atoms with van der Waals surface area (Å²) in [6.07, 6.45) is 37.6. The van der Waals surface area contributed by atoms with Crippen molar-refractivity contribution in [2.45, 2.75) is 257 Å². The standard InChI is InChI=1S/C44H88NO4/c1-7-9-11-13-15-17-19-21-23-25-27-29-31-33-35-37-41(48)43(39(3)46)45(5,6)44(40(4)47)42(49)38-36-34-32-30-28-26-24-22-20-18-16-14-12-10-8-2/h39-40,43-44,46-47H,7-38H2,1-6H3/q+1. The topological polar surface area (TPSA) is 74.6 Å². The third-order valence-corrected chi connectivity index (χ3v) is 11.1. The van der Waals surface area contributed by atoms with Gasteiger partial charge >= 0.3 is 0 Å². The van der Waals surface area contributed by atoms with Gasteiger partial charge in [-0.05, 0) is 26.7 Å². The van der Waals surface area contributed by atoms with Crippen molar-refractivity contribution in [3.05, 3.63) is 0 Å². The first-order chi connectivity index (χ1) is 23.6. The van der Waals surface area contributed by atoms with E-state index >= 15 is 0 Å². The second-order valence-electron chi connectivity index (χ2n) is 16.3. The molecule has 0 radical (unpaired) electrons. The van der Waals surface area contributed by atoms with Crippen LogP contribution >= 0.6 is 0 Å². The number of Topliss-reactive ketones (excluding diaryl/α,β-unsaturated/α-hetero) is 2. The van der Waals surface area contributed by atoms with Crippen molar-refractivity contribution < 1.29 is 24.3 Å². The highest BCUT2D eigenvalue weighted by Crippen LogP contribution is 2.25. The Hall–Kier alpha value is -0.780. The van der Waals surface area contributed by atoms with Crippen LogP contribution in [0.3, 0.4) is 0 Å². The molecule has 4 atom stereocenters. The van der Waals surface area contributed by atoms with Gasteiger partial charge in [0, 0.05) is 12.8 Å². The number of ketones is 2. The molecule has 49 heavy (non-hydrogen) atoms. The van der Waals surface area contributed by atoms with Crippen molar-refractivity contribution in [1.82, 2.24) is 0 Å². The minimum absolute atomic E-state index is 0.0140. The summed E-state index contributed by atoms with van der Waals surface area (Å²) < 4.78 is 0.0183. The van der Waals surface area contributed by atoms with Crippen LogP contribution in [0.25, 0.3) is 0 Å². The van der Waals surface area contributed by atoms with Gasteiger partial charge in [0.25, 0.3) is 0 Å². The average molecular weight is 695 g/mol. The molecule has 0 bridgehead atoms. The smallest absolute Gasteiger partial charge is 0.192 e. The Bertz CT molecular complexity index is 689. The number of quaternary nitrogens is 1. The van der Waals surface area contributed by atoms with Gasteiger partial charge in [-0.15, -0.1) is 0 Å². The molecule has 0 saturated carbocycles. The molecular weight excluding hydrogens is 606 g/mol. The molecule has 5 nitrogen and oxygen atoms in total. The van der Waals surface area contributed by atoms with E-state index in [1.165, 1.54) is 154 Å². The van der Waals surface area contributed by atoms with Crippen LogP contribution in [-0.4, -0.2) is 64.6 Å². The van der Waals surface area contributed by atoms with E-state index in [2.05, 4.69) is 13.8 Å². The van der Waals surface area contributed by atoms with Gasteiger partial charge in [-0.25, -0.2) is 0 Å². The Morgan fingerprint density at radius 1 is 0.388 bits per heavy atom. The Balaban J connectivity index is 4.29. The average Bonchev–Trinajstić information content (AvgIpc) is 3.04. The lowest BCUT2D eigenvalue weighted by Gasteiger charge is -2.45. The maximum absolute atomic E-state index is 13.5. The number of aliphatic hydroxyl groups excluding tert-OH is 2. The number of nitrogens with zero attached hydrogens (tertiary/aromatic N) is 1. The van der Waals surface area contributed by atoms with Crippen molar-refractivity contribution in [3.63, 3.8) is 0 Å². The highest BCUT2D eigenvalue weighted by molar-refractivity contribution is 5.86. The summed E-state index contributed by atoms with van der Waals surface area (Å²) in [6, 6.07) is -1.42. The van der Waals surface area contributed by atoms with E-state index in [1.807, 2.05) is 14.1 Å². The van der Waals surface area contributed by atoms with Crippen LogP contribution in [0.5, 0.6) is 0 Å². The van der Waals surface area contributed by atoms with Crippen molar-refractivity contribution in [2.75, 3.05) is 14.1 Å². The maximum atomic E-state index is 13.5. The van der Waals surface area contributed by atoms with Crippen LogP contribution in [0.15, 0.2) is 0 Å². The highest BCUT2D eigenvalue weighted by atomic mass is 16.3. The molecule has 2 N–H and O–H groups in total.